The molecule has 1 saturated heterocycles. The van der Waals surface area contributed by atoms with E-state index in [1.807, 2.05) is 12.1 Å². The second-order valence-corrected chi connectivity index (χ2v) is 8.82. The lowest BCUT2D eigenvalue weighted by Gasteiger charge is -2.13. The Labute approximate surface area is 198 Å². The maximum absolute atomic E-state index is 12.8. The molecule has 4 rings (SSSR count). The van der Waals surface area contributed by atoms with E-state index in [2.05, 4.69) is 0 Å². The van der Waals surface area contributed by atoms with Crippen molar-refractivity contribution < 1.29 is 14.3 Å². The smallest absolute Gasteiger partial charge is 0.298 e. The number of anilines is 1. The van der Waals surface area contributed by atoms with Gasteiger partial charge in [0.1, 0.15) is 12.4 Å². The standard InChI is InChI=1S/C23H14Cl3NO3S/c24-16-8-5-14(6-9-16)13-30-20-10-7-15(11-18(20)26)12-21-22(28)27(23(29)31-21)19-4-2-1-3-17(19)25/h1-12H,13H2/b21-12-. The molecule has 1 aliphatic rings. The van der Waals surface area contributed by atoms with E-state index in [4.69, 9.17) is 39.5 Å². The van der Waals surface area contributed by atoms with E-state index in [-0.39, 0.29) is 4.91 Å². The molecule has 1 heterocycles. The number of rotatable bonds is 5. The van der Waals surface area contributed by atoms with Crippen LogP contribution in [0.3, 0.4) is 0 Å². The molecule has 0 spiro atoms. The number of nitrogens with zero attached hydrogens (tertiary/aromatic N) is 1. The second kappa shape index (κ2) is 9.37. The van der Waals surface area contributed by atoms with Crippen molar-refractivity contribution in [3.8, 4) is 5.75 Å². The predicted molar refractivity (Wildman–Crippen MR) is 127 cm³/mol. The Morgan fingerprint density at radius 3 is 2.35 bits per heavy atom. The first kappa shape index (κ1) is 21.8. The lowest BCUT2D eigenvalue weighted by atomic mass is 10.2. The van der Waals surface area contributed by atoms with Crippen LogP contribution in [0.4, 0.5) is 10.5 Å². The summed E-state index contributed by atoms with van der Waals surface area (Å²) in [7, 11) is 0. The van der Waals surface area contributed by atoms with Gasteiger partial charge >= 0.3 is 0 Å². The van der Waals surface area contributed by atoms with E-state index < -0.39 is 11.1 Å². The maximum atomic E-state index is 12.8. The minimum absolute atomic E-state index is 0.288. The van der Waals surface area contributed by atoms with Crippen LogP contribution in [-0.2, 0) is 11.4 Å². The Morgan fingerprint density at radius 1 is 0.903 bits per heavy atom. The molecule has 3 aromatic carbocycles. The molecular weight excluding hydrogens is 477 g/mol. The summed E-state index contributed by atoms with van der Waals surface area (Å²) in [6.07, 6.45) is 1.62. The van der Waals surface area contributed by atoms with Crippen molar-refractivity contribution in [2.75, 3.05) is 4.90 Å². The van der Waals surface area contributed by atoms with Gasteiger partial charge in [-0.15, -0.1) is 0 Å². The Bertz CT molecular complexity index is 1190. The van der Waals surface area contributed by atoms with Crippen LogP contribution in [0.15, 0.2) is 71.6 Å². The number of thioether (sulfide) groups is 1. The third kappa shape index (κ3) is 4.91. The summed E-state index contributed by atoms with van der Waals surface area (Å²) < 4.78 is 5.77. The summed E-state index contributed by atoms with van der Waals surface area (Å²) >= 11 is 19.2. The monoisotopic (exact) mass is 489 g/mol. The number of benzene rings is 3. The summed E-state index contributed by atoms with van der Waals surface area (Å²) in [5, 5.41) is 0.979. The minimum Gasteiger partial charge on any atom is -0.487 e. The van der Waals surface area contributed by atoms with Crippen molar-refractivity contribution in [3.05, 3.63) is 97.8 Å². The normalized spacial score (nSPS) is 15.1. The van der Waals surface area contributed by atoms with Crippen LogP contribution in [0, 0.1) is 0 Å². The quantitative estimate of drug-likeness (QED) is 0.348. The number of ether oxygens (including phenoxy) is 1. The molecule has 156 valence electrons. The van der Waals surface area contributed by atoms with Gasteiger partial charge in [0.2, 0.25) is 0 Å². The predicted octanol–water partition coefficient (Wildman–Crippen LogP) is 7.47. The summed E-state index contributed by atoms with van der Waals surface area (Å²) in [5.74, 6) is 0.0835. The number of hydrogen-bond donors (Lipinski definition) is 0. The zero-order chi connectivity index (χ0) is 22.0. The first-order valence-electron chi connectivity index (χ1n) is 9.11. The molecule has 0 N–H and O–H groups in total. The van der Waals surface area contributed by atoms with Crippen LogP contribution in [0.25, 0.3) is 6.08 Å². The zero-order valence-electron chi connectivity index (χ0n) is 15.8. The molecule has 1 aliphatic heterocycles. The lowest BCUT2D eigenvalue weighted by Crippen LogP contribution is -2.27. The van der Waals surface area contributed by atoms with E-state index in [0.29, 0.717) is 38.7 Å². The SMILES string of the molecule is O=C1S/C(=C\c2ccc(OCc3ccc(Cl)cc3)c(Cl)c2)C(=O)N1c1ccccc1Cl. The lowest BCUT2D eigenvalue weighted by molar-refractivity contribution is -0.113. The van der Waals surface area contributed by atoms with Crippen molar-refractivity contribution in [2.45, 2.75) is 6.61 Å². The molecule has 0 aliphatic carbocycles. The van der Waals surface area contributed by atoms with Crippen molar-refractivity contribution in [1.82, 2.24) is 0 Å². The van der Waals surface area contributed by atoms with E-state index >= 15 is 0 Å². The van der Waals surface area contributed by atoms with Gasteiger partial charge in [0.05, 0.1) is 20.6 Å². The molecule has 0 saturated carbocycles. The highest BCUT2D eigenvalue weighted by atomic mass is 35.5. The van der Waals surface area contributed by atoms with Crippen LogP contribution in [0.5, 0.6) is 5.75 Å². The average molecular weight is 491 g/mol. The average Bonchev–Trinajstić information content (AvgIpc) is 3.02. The van der Waals surface area contributed by atoms with E-state index in [9.17, 15) is 9.59 Å². The highest BCUT2D eigenvalue weighted by molar-refractivity contribution is 8.19. The van der Waals surface area contributed by atoms with Gasteiger partial charge in [0, 0.05) is 5.02 Å². The number of amides is 2. The van der Waals surface area contributed by atoms with Crippen LogP contribution in [0.2, 0.25) is 15.1 Å². The third-order valence-corrected chi connectivity index (χ3v) is 6.18. The molecule has 1 fully saturated rings. The molecule has 3 aromatic rings. The van der Waals surface area contributed by atoms with Crippen LogP contribution >= 0.6 is 46.6 Å². The largest absolute Gasteiger partial charge is 0.487 e. The maximum Gasteiger partial charge on any atom is 0.298 e. The molecule has 4 nitrogen and oxygen atoms in total. The highest BCUT2D eigenvalue weighted by Crippen LogP contribution is 2.39. The summed E-state index contributed by atoms with van der Waals surface area (Å²) in [4.78, 5) is 26.6. The summed E-state index contributed by atoms with van der Waals surface area (Å²) in [6, 6.07) is 19.2. The molecule has 0 radical (unpaired) electrons. The topological polar surface area (TPSA) is 46.6 Å². The van der Waals surface area contributed by atoms with E-state index in [0.717, 1.165) is 22.2 Å². The summed E-state index contributed by atoms with van der Waals surface area (Å²) in [5.41, 5.74) is 1.99. The van der Waals surface area contributed by atoms with Gasteiger partial charge in [-0.3, -0.25) is 9.59 Å². The molecule has 0 aromatic heterocycles. The van der Waals surface area contributed by atoms with Gasteiger partial charge in [0.15, 0.2) is 0 Å². The van der Waals surface area contributed by atoms with E-state index in [1.54, 1.807) is 60.7 Å². The first-order valence-corrected chi connectivity index (χ1v) is 11.1. The van der Waals surface area contributed by atoms with Crippen LogP contribution < -0.4 is 9.64 Å². The van der Waals surface area contributed by atoms with Crippen molar-refractivity contribution >= 4 is 69.5 Å². The Balaban J connectivity index is 1.50. The molecule has 0 unspecified atom stereocenters. The molecule has 0 bridgehead atoms. The van der Waals surface area contributed by atoms with Gasteiger partial charge in [-0.1, -0.05) is 65.1 Å². The Hall–Kier alpha value is -2.44. The fraction of sp³-hybridized carbons (Fsp3) is 0.0435. The zero-order valence-corrected chi connectivity index (χ0v) is 18.9. The van der Waals surface area contributed by atoms with Gasteiger partial charge in [-0.2, -0.15) is 0 Å². The molecular formula is C23H14Cl3NO3S. The first-order chi connectivity index (χ1) is 14.9. The molecule has 0 atom stereocenters. The fourth-order valence-electron chi connectivity index (χ4n) is 2.93. The van der Waals surface area contributed by atoms with Crippen LogP contribution in [-0.4, -0.2) is 11.1 Å². The number of halogens is 3. The van der Waals surface area contributed by atoms with Crippen LogP contribution in [0.1, 0.15) is 11.1 Å². The van der Waals surface area contributed by atoms with Gasteiger partial charge in [0.25, 0.3) is 11.1 Å². The summed E-state index contributed by atoms with van der Waals surface area (Å²) in [6.45, 7) is 0.340. The van der Waals surface area contributed by atoms with Crippen molar-refractivity contribution in [3.63, 3.8) is 0 Å². The number of carbonyl (C=O) groups is 2. The van der Waals surface area contributed by atoms with E-state index in [1.165, 1.54) is 0 Å². The molecule has 31 heavy (non-hydrogen) atoms. The number of para-hydroxylation sites is 1. The Kier molecular flexibility index (Phi) is 6.58. The van der Waals surface area contributed by atoms with Gasteiger partial charge in [-0.05, 0) is 65.4 Å². The number of carbonyl (C=O) groups excluding carboxylic acids is 2. The van der Waals surface area contributed by atoms with Gasteiger partial charge in [-0.25, -0.2) is 4.90 Å². The molecule has 2 amide bonds. The Morgan fingerprint density at radius 2 is 1.65 bits per heavy atom. The number of imide groups is 1. The highest BCUT2D eigenvalue weighted by Gasteiger charge is 2.37. The fourth-order valence-corrected chi connectivity index (χ4v) is 4.35. The second-order valence-electron chi connectivity index (χ2n) is 6.57. The number of hydrogen-bond acceptors (Lipinski definition) is 4. The third-order valence-electron chi connectivity index (χ3n) is 4.45. The minimum atomic E-state index is -0.428. The van der Waals surface area contributed by atoms with Crippen molar-refractivity contribution in [1.29, 1.82) is 0 Å². The van der Waals surface area contributed by atoms with Crippen molar-refractivity contribution in [2.24, 2.45) is 0 Å². The van der Waals surface area contributed by atoms with Gasteiger partial charge < -0.3 is 4.74 Å². The molecule has 8 heteroatoms.